The number of ether oxygens (including phenoxy) is 1. The van der Waals surface area contributed by atoms with E-state index in [1.807, 2.05) is 33.8 Å². The van der Waals surface area contributed by atoms with Gasteiger partial charge in [0, 0.05) is 5.02 Å². The first-order valence-corrected chi connectivity index (χ1v) is 11.3. The second-order valence-electron chi connectivity index (χ2n) is 7.17. The second kappa shape index (κ2) is 9.05. The van der Waals surface area contributed by atoms with Crippen molar-refractivity contribution < 1.29 is 17.9 Å². The van der Waals surface area contributed by atoms with E-state index < -0.39 is 15.9 Å². The van der Waals surface area contributed by atoms with Crippen LogP contribution in [0.3, 0.4) is 0 Å². The third-order valence-electron chi connectivity index (χ3n) is 4.82. The standard InChI is InChI=1S/C21H27ClN2O4S/c1-13-9-15(3)18(10-14(13)2)16(4)23-21(25)12-24(29(6,26)27)19-11-17(22)7-8-20(19)28-5/h7-11,16H,12H2,1-6H3,(H,23,25)/t16-/m1/s1. The van der Waals surface area contributed by atoms with Gasteiger partial charge < -0.3 is 10.1 Å². The molecule has 0 fully saturated rings. The summed E-state index contributed by atoms with van der Waals surface area (Å²) < 4.78 is 31.0. The van der Waals surface area contributed by atoms with E-state index in [9.17, 15) is 13.2 Å². The number of sulfonamides is 1. The number of hydrogen-bond acceptors (Lipinski definition) is 4. The molecular weight excluding hydrogens is 412 g/mol. The molecule has 0 heterocycles. The van der Waals surface area contributed by atoms with Crippen LogP contribution in [0.1, 0.15) is 35.2 Å². The number of benzene rings is 2. The smallest absolute Gasteiger partial charge is 0.241 e. The van der Waals surface area contributed by atoms with E-state index in [4.69, 9.17) is 16.3 Å². The summed E-state index contributed by atoms with van der Waals surface area (Å²) in [4.78, 5) is 12.7. The van der Waals surface area contributed by atoms with Crippen LogP contribution in [0, 0.1) is 20.8 Å². The number of carbonyl (C=O) groups is 1. The lowest BCUT2D eigenvalue weighted by molar-refractivity contribution is -0.120. The minimum absolute atomic E-state index is 0.215. The molecule has 158 valence electrons. The molecule has 0 aliphatic rings. The Labute approximate surface area is 177 Å². The Morgan fingerprint density at radius 2 is 1.76 bits per heavy atom. The van der Waals surface area contributed by atoms with Crippen LogP contribution in [-0.2, 0) is 14.8 Å². The number of carbonyl (C=O) groups excluding carboxylic acids is 1. The molecular formula is C21H27ClN2O4S. The van der Waals surface area contributed by atoms with Crippen molar-refractivity contribution in [2.75, 3.05) is 24.2 Å². The molecule has 0 saturated carbocycles. The minimum Gasteiger partial charge on any atom is -0.495 e. The minimum atomic E-state index is -3.75. The fourth-order valence-electron chi connectivity index (χ4n) is 3.18. The molecule has 0 aromatic heterocycles. The van der Waals surface area contributed by atoms with Gasteiger partial charge in [0.2, 0.25) is 15.9 Å². The summed E-state index contributed by atoms with van der Waals surface area (Å²) in [5, 5.41) is 3.23. The second-order valence-corrected chi connectivity index (χ2v) is 9.51. The number of amides is 1. The van der Waals surface area contributed by atoms with E-state index in [-0.39, 0.29) is 18.3 Å². The molecule has 1 N–H and O–H groups in total. The summed E-state index contributed by atoms with van der Waals surface area (Å²) in [5.41, 5.74) is 4.59. The van der Waals surface area contributed by atoms with Crippen molar-refractivity contribution >= 4 is 33.2 Å². The van der Waals surface area contributed by atoms with Gasteiger partial charge in [0.15, 0.2) is 0 Å². The van der Waals surface area contributed by atoms with Crippen LogP contribution >= 0.6 is 11.6 Å². The molecule has 1 atom stereocenters. The lowest BCUT2D eigenvalue weighted by Gasteiger charge is -2.25. The normalized spacial score (nSPS) is 12.4. The molecule has 0 unspecified atom stereocenters. The number of halogens is 1. The topological polar surface area (TPSA) is 75.7 Å². The van der Waals surface area contributed by atoms with Crippen molar-refractivity contribution in [2.45, 2.75) is 33.7 Å². The molecule has 0 bridgehead atoms. The average molecular weight is 439 g/mol. The van der Waals surface area contributed by atoms with Crippen LogP contribution in [0.5, 0.6) is 5.75 Å². The van der Waals surface area contributed by atoms with Crippen LogP contribution in [0.2, 0.25) is 5.02 Å². The summed E-state index contributed by atoms with van der Waals surface area (Å²) in [5.74, 6) is -0.117. The zero-order valence-corrected chi connectivity index (χ0v) is 19.1. The first kappa shape index (κ1) is 23.0. The number of hydrogen-bond donors (Lipinski definition) is 1. The lowest BCUT2D eigenvalue weighted by Crippen LogP contribution is -2.41. The Morgan fingerprint density at radius 3 is 2.34 bits per heavy atom. The zero-order chi connectivity index (χ0) is 21.9. The van der Waals surface area contributed by atoms with Gasteiger partial charge in [-0.05, 0) is 68.1 Å². The van der Waals surface area contributed by atoms with E-state index in [2.05, 4.69) is 11.4 Å². The highest BCUT2D eigenvalue weighted by molar-refractivity contribution is 7.92. The molecule has 0 aliphatic carbocycles. The van der Waals surface area contributed by atoms with Gasteiger partial charge in [-0.2, -0.15) is 0 Å². The number of methoxy groups -OCH3 is 1. The first-order chi connectivity index (χ1) is 13.4. The lowest BCUT2D eigenvalue weighted by atomic mass is 9.96. The molecule has 0 aliphatic heterocycles. The molecule has 8 heteroatoms. The third kappa shape index (κ3) is 5.64. The van der Waals surface area contributed by atoms with Crippen LogP contribution < -0.4 is 14.4 Å². The van der Waals surface area contributed by atoms with Crippen LogP contribution in [0.15, 0.2) is 30.3 Å². The van der Waals surface area contributed by atoms with Gasteiger partial charge in [0.1, 0.15) is 12.3 Å². The quantitative estimate of drug-likeness (QED) is 0.710. The van der Waals surface area contributed by atoms with Gasteiger partial charge in [-0.25, -0.2) is 8.42 Å². The number of nitrogens with one attached hydrogen (secondary N) is 1. The van der Waals surface area contributed by atoms with Gasteiger partial charge in [-0.15, -0.1) is 0 Å². The molecule has 6 nitrogen and oxygen atoms in total. The molecule has 2 rings (SSSR count). The van der Waals surface area contributed by atoms with Crippen LogP contribution in [-0.4, -0.2) is 34.2 Å². The van der Waals surface area contributed by atoms with Gasteiger partial charge in [0.25, 0.3) is 0 Å². The maximum absolute atomic E-state index is 12.7. The molecule has 2 aromatic carbocycles. The van der Waals surface area contributed by atoms with Crippen LogP contribution in [0.25, 0.3) is 0 Å². The Morgan fingerprint density at radius 1 is 1.14 bits per heavy atom. The SMILES string of the molecule is COc1ccc(Cl)cc1N(CC(=O)N[C@H](C)c1cc(C)c(C)cc1C)S(C)(=O)=O. The summed E-state index contributed by atoms with van der Waals surface area (Å²) in [7, 11) is -2.32. The maximum atomic E-state index is 12.7. The van der Waals surface area contributed by atoms with Crippen molar-refractivity contribution in [1.82, 2.24) is 5.32 Å². The van der Waals surface area contributed by atoms with Crippen molar-refractivity contribution in [1.29, 1.82) is 0 Å². The van der Waals surface area contributed by atoms with Gasteiger partial charge >= 0.3 is 0 Å². The van der Waals surface area contributed by atoms with Crippen molar-refractivity contribution in [3.8, 4) is 5.75 Å². The highest BCUT2D eigenvalue weighted by Gasteiger charge is 2.25. The average Bonchev–Trinajstić information content (AvgIpc) is 2.61. The first-order valence-electron chi connectivity index (χ1n) is 9.12. The fraction of sp³-hybridized carbons (Fsp3) is 0.381. The van der Waals surface area contributed by atoms with Crippen LogP contribution in [0.4, 0.5) is 5.69 Å². The molecule has 0 spiro atoms. The van der Waals surface area contributed by atoms with Crippen molar-refractivity contribution in [3.63, 3.8) is 0 Å². The Kier molecular flexibility index (Phi) is 7.19. The van der Waals surface area contributed by atoms with E-state index in [0.29, 0.717) is 10.8 Å². The number of anilines is 1. The zero-order valence-electron chi connectivity index (χ0n) is 17.5. The van der Waals surface area contributed by atoms with Crippen molar-refractivity contribution in [2.24, 2.45) is 0 Å². The van der Waals surface area contributed by atoms with Crippen molar-refractivity contribution in [3.05, 3.63) is 57.6 Å². The third-order valence-corrected chi connectivity index (χ3v) is 6.19. The van der Waals surface area contributed by atoms with E-state index >= 15 is 0 Å². The molecule has 1 amide bonds. The fourth-order valence-corrected chi connectivity index (χ4v) is 4.20. The molecule has 0 radical (unpaired) electrons. The molecule has 0 saturated heterocycles. The van der Waals surface area contributed by atoms with Gasteiger partial charge in [0.05, 0.1) is 25.1 Å². The predicted octanol–water partition coefficient (Wildman–Crippen LogP) is 3.92. The monoisotopic (exact) mass is 438 g/mol. The Balaban J connectivity index is 2.28. The summed E-state index contributed by atoms with van der Waals surface area (Å²) >= 11 is 6.04. The molecule has 29 heavy (non-hydrogen) atoms. The van der Waals surface area contributed by atoms with Gasteiger partial charge in [-0.3, -0.25) is 9.10 Å². The van der Waals surface area contributed by atoms with E-state index in [0.717, 1.165) is 27.3 Å². The highest BCUT2D eigenvalue weighted by atomic mass is 35.5. The van der Waals surface area contributed by atoms with Gasteiger partial charge in [-0.1, -0.05) is 23.7 Å². The van der Waals surface area contributed by atoms with E-state index in [1.165, 1.54) is 18.7 Å². The van der Waals surface area contributed by atoms with E-state index in [1.54, 1.807) is 12.1 Å². The Bertz CT molecular complexity index is 1020. The summed E-state index contributed by atoms with van der Waals surface area (Å²) in [6, 6.07) is 8.47. The molecule has 2 aromatic rings. The largest absolute Gasteiger partial charge is 0.495 e. The predicted molar refractivity (Wildman–Crippen MR) is 117 cm³/mol. The number of nitrogens with zero attached hydrogens (tertiary/aromatic N) is 1. The number of aryl methyl sites for hydroxylation is 3. The maximum Gasteiger partial charge on any atom is 0.241 e. The Hall–Kier alpha value is -2.25. The summed E-state index contributed by atoms with van der Waals surface area (Å²) in [6.45, 7) is 7.54. The highest BCUT2D eigenvalue weighted by Crippen LogP contribution is 2.32. The summed E-state index contributed by atoms with van der Waals surface area (Å²) in [6.07, 6.45) is 1.04. The number of rotatable bonds is 7.